The molecule has 176 valence electrons. The lowest BCUT2D eigenvalue weighted by Gasteiger charge is -2.39. The van der Waals surface area contributed by atoms with Crippen LogP contribution in [0.2, 0.25) is 0 Å². The Balaban J connectivity index is 1.55. The normalized spacial score (nSPS) is 16.8. The lowest BCUT2D eigenvalue weighted by molar-refractivity contribution is 0.0410. The second-order valence-electron chi connectivity index (χ2n) is 8.40. The van der Waals surface area contributed by atoms with Crippen molar-refractivity contribution in [3.8, 4) is 11.8 Å². The molecule has 1 aliphatic heterocycles. The van der Waals surface area contributed by atoms with Crippen LogP contribution < -0.4 is 9.64 Å². The number of carbonyl (C=O) groups excluding carboxylic acids is 1. The summed E-state index contributed by atoms with van der Waals surface area (Å²) in [6, 6.07) is 8.41. The Hall–Kier alpha value is -3.39. The Morgan fingerprint density at radius 1 is 1.21 bits per heavy atom. The van der Waals surface area contributed by atoms with Crippen LogP contribution >= 0.6 is 0 Å². The molecule has 0 spiro atoms. The number of hydrogen-bond donors (Lipinski definition) is 0. The van der Waals surface area contributed by atoms with E-state index >= 15 is 0 Å². The van der Waals surface area contributed by atoms with Crippen LogP contribution in [0.3, 0.4) is 0 Å². The fraction of sp³-hybridized carbons (Fsp3) is 0.455. The lowest BCUT2D eigenvalue weighted by atomic mass is 10.2. The van der Waals surface area contributed by atoms with E-state index < -0.39 is 21.5 Å². The number of carbonyl (C=O) groups is 1. The van der Waals surface area contributed by atoms with Gasteiger partial charge in [0.15, 0.2) is 21.2 Å². The molecule has 3 rings (SSSR count). The van der Waals surface area contributed by atoms with Gasteiger partial charge in [0.1, 0.15) is 12.7 Å². The van der Waals surface area contributed by atoms with Crippen molar-refractivity contribution in [2.75, 3.05) is 30.8 Å². The minimum absolute atomic E-state index is 0.0448. The number of sulfone groups is 1. The molecule has 2 heterocycles. The van der Waals surface area contributed by atoms with E-state index in [2.05, 4.69) is 9.97 Å². The van der Waals surface area contributed by atoms with Crippen LogP contribution in [-0.4, -0.2) is 66.9 Å². The van der Waals surface area contributed by atoms with E-state index in [0.29, 0.717) is 31.3 Å². The number of aromatic nitrogens is 2. The van der Waals surface area contributed by atoms with E-state index in [1.165, 1.54) is 6.26 Å². The van der Waals surface area contributed by atoms with Crippen LogP contribution in [0.1, 0.15) is 26.3 Å². The molecule has 1 fully saturated rings. The summed E-state index contributed by atoms with van der Waals surface area (Å²) in [5.41, 5.74) is -0.353. The summed E-state index contributed by atoms with van der Waals surface area (Å²) >= 11 is 0. The van der Waals surface area contributed by atoms with Crippen molar-refractivity contribution < 1.29 is 22.7 Å². The molecule has 1 atom stereocenters. The van der Waals surface area contributed by atoms with Gasteiger partial charge in [-0.25, -0.2) is 23.2 Å². The molecule has 33 heavy (non-hydrogen) atoms. The molecule has 11 heteroatoms. The third kappa shape index (κ3) is 6.32. The average Bonchev–Trinajstić information content (AvgIpc) is 2.77. The van der Waals surface area contributed by atoms with Gasteiger partial charge in [-0.3, -0.25) is 0 Å². The fourth-order valence-corrected chi connectivity index (χ4v) is 3.89. The second-order valence-corrected chi connectivity index (χ2v) is 10.4. The van der Waals surface area contributed by atoms with Gasteiger partial charge in [0.2, 0.25) is 5.95 Å². The van der Waals surface area contributed by atoms with Crippen LogP contribution in [0.5, 0.6) is 5.75 Å². The van der Waals surface area contributed by atoms with Crippen molar-refractivity contribution in [3.05, 3.63) is 42.2 Å². The highest BCUT2D eigenvalue weighted by Crippen LogP contribution is 2.20. The first-order valence-corrected chi connectivity index (χ1v) is 12.3. The highest BCUT2D eigenvalue weighted by molar-refractivity contribution is 7.90. The molecule has 1 aromatic carbocycles. The Labute approximate surface area is 193 Å². The number of ether oxygens (including phenoxy) is 2. The average molecular weight is 474 g/mol. The Morgan fingerprint density at radius 2 is 1.85 bits per heavy atom. The second kappa shape index (κ2) is 9.62. The van der Waals surface area contributed by atoms with Gasteiger partial charge in [0, 0.05) is 31.9 Å². The van der Waals surface area contributed by atoms with Gasteiger partial charge in [-0.05, 0) is 38.5 Å². The van der Waals surface area contributed by atoms with Crippen LogP contribution in [0.15, 0.2) is 41.6 Å². The molecule has 1 aromatic heterocycles. The molecule has 0 aliphatic carbocycles. The SMILES string of the molecule is CC1CN(C(=O)OC(C)(C)C#N)CCN1c1ncc(OCc2ccc(S(C)(=O)=O)cc2)cn1. The monoisotopic (exact) mass is 473 g/mol. The number of rotatable bonds is 6. The summed E-state index contributed by atoms with van der Waals surface area (Å²) in [5.74, 6) is 1.01. The Morgan fingerprint density at radius 3 is 2.39 bits per heavy atom. The number of benzene rings is 1. The third-order valence-corrected chi connectivity index (χ3v) is 6.25. The minimum atomic E-state index is -3.23. The number of nitriles is 1. The first-order valence-electron chi connectivity index (χ1n) is 10.4. The standard InChI is InChI=1S/C22H27N5O5S/c1-16-13-26(21(28)32-22(2,3)15-23)9-10-27(16)20-24-11-18(12-25-20)31-14-17-5-7-19(8-6-17)33(4,29)30/h5-8,11-12,16H,9-10,13-14H2,1-4H3. The van der Waals surface area contributed by atoms with Gasteiger partial charge in [-0.15, -0.1) is 0 Å². The molecular formula is C22H27N5O5S. The van der Waals surface area contributed by atoms with Crippen LogP contribution in [0.4, 0.5) is 10.7 Å². The van der Waals surface area contributed by atoms with E-state index in [1.54, 1.807) is 55.4 Å². The highest BCUT2D eigenvalue weighted by atomic mass is 32.2. The Bertz CT molecular complexity index is 1130. The zero-order chi connectivity index (χ0) is 24.2. The van der Waals surface area contributed by atoms with Crippen molar-refractivity contribution in [2.24, 2.45) is 0 Å². The maximum Gasteiger partial charge on any atom is 0.411 e. The maximum absolute atomic E-state index is 12.3. The van der Waals surface area contributed by atoms with Gasteiger partial charge in [0.25, 0.3) is 0 Å². The van der Waals surface area contributed by atoms with Crippen molar-refractivity contribution in [1.82, 2.24) is 14.9 Å². The van der Waals surface area contributed by atoms with Gasteiger partial charge in [-0.2, -0.15) is 5.26 Å². The van der Waals surface area contributed by atoms with Crippen LogP contribution in [0.25, 0.3) is 0 Å². The lowest BCUT2D eigenvalue weighted by Crippen LogP contribution is -2.55. The van der Waals surface area contributed by atoms with Gasteiger partial charge in [0.05, 0.1) is 17.3 Å². The molecule has 1 aliphatic rings. The number of nitrogens with zero attached hydrogens (tertiary/aromatic N) is 5. The predicted molar refractivity (Wildman–Crippen MR) is 120 cm³/mol. The topological polar surface area (TPSA) is 126 Å². The summed E-state index contributed by atoms with van der Waals surface area (Å²) in [6.07, 6.45) is 3.81. The minimum Gasteiger partial charge on any atom is -0.486 e. The first kappa shape index (κ1) is 24.3. The smallest absolute Gasteiger partial charge is 0.411 e. The van der Waals surface area contributed by atoms with Gasteiger partial charge >= 0.3 is 6.09 Å². The summed E-state index contributed by atoms with van der Waals surface area (Å²) in [7, 11) is -3.23. The van der Waals surface area contributed by atoms with Gasteiger partial charge in [-0.1, -0.05) is 12.1 Å². The highest BCUT2D eigenvalue weighted by Gasteiger charge is 2.32. The molecule has 0 bridgehead atoms. The molecule has 0 N–H and O–H groups in total. The van der Waals surface area contributed by atoms with E-state index in [-0.39, 0.29) is 17.5 Å². The summed E-state index contributed by atoms with van der Waals surface area (Å²) in [6.45, 7) is 6.68. The van der Waals surface area contributed by atoms with Crippen LogP contribution in [-0.2, 0) is 21.2 Å². The molecule has 0 radical (unpaired) electrons. The Kier molecular flexibility index (Phi) is 7.07. The third-order valence-electron chi connectivity index (χ3n) is 5.13. The van der Waals surface area contributed by atoms with Crippen LogP contribution in [0, 0.1) is 11.3 Å². The fourth-order valence-electron chi connectivity index (χ4n) is 3.26. The quantitative estimate of drug-likeness (QED) is 0.621. The van der Waals surface area contributed by atoms with E-state index in [4.69, 9.17) is 14.7 Å². The molecule has 2 aromatic rings. The van der Waals surface area contributed by atoms with Crippen molar-refractivity contribution in [1.29, 1.82) is 5.26 Å². The zero-order valence-corrected chi connectivity index (χ0v) is 19.9. The van der Waals surface area contributed by atoms with Gasteiger partial charge < -0.3 is 19.3 Å². The molecule has 1 amide bonds. The summed E-state index contributed by atoms with van der Waals surface area (Å²) in [4.78, 5) is 24.9. The summed E-state index contributed by atoms with van der Waals surface area (Å²) in [5, 5.41) is 9.05. The van der Waals surface area contributed by atoms with Crippen molar-refractivity contribution in [3.63, 3.8) is 0 Å². The molecule has 1 unspecified atom stereocenters. The van der Waals surface area contributed by atoms with E-state index in [9.17, 15) is 13.2 Å². The summed E-state index contributed by atoms with van der Waals surface area (Å²) < 4.78 is 34.0. The molecule has 1 saturated heterocycles. The number of piperazine rings is 1. The largest absolute Gasteiger partial charge is 0.486 e. The number of amides is 1. The van der Waals surface area contributed by atoms with E-state index in [0.717, 1.165) is 5.56 Å². The zero-order valence-electron chi connectivity index (χ0n) is 19.1. The van der Waals surface area contributed by atoms with Crippen molar-refractivity contribution >= 4 is 21.9 Å². The first-order chi connectivity index (χ1) is 15.5. The number of hydrogen-bond acceptors (Lipinski definition) is 9. The van der Waals surface area contributed by atoms with E-state index in [1.807, 2.05) is 17.9 Å². The molecule has 10 nitrogen and oxygen atoms in total. The van der Waals surface area contributed by atoms with Crippen molar-refractivity contribution in [2.45, 2.75) is 43.9 Å². The maximum atomic E-state index is 12.3. The number of anilines is 1. The molecular weight excluding hydrogens is 446 g/mol. The molecule has 0 saturated carbocycles. The predicted octanol–water partition coefficient (Wildman–Crippen LogP) is 2.41.